The summed E-state index contributed by atoms with van der Waals surface area (Å²) in [6.07, 6.45) is 0. The smallest absolute Gasteiger partial charge is 0.239 e. The Labute approximate surface area is 105 Å². The van der Waals surface area contributed by atoms with E-state index in [0.717, 1.165) is 0 Å². The second-order valence-corrected chi connectivity index (χ2v) is 4.74. The molecule has 0 aromatic heterocycles. The van der Waals surface area contributed by atoms with Crippen molar-refractivity contribution in [1.82, 2.24) is 5.32 Å². The minimum absolute atomic E-state index is 0.186. The Balaban J connectivity index is 2.97. The van der Waals surface area contributed by atoms with Gasteiger partial charge in [0.2, 0.25) is 5.91 Å². The Morgan fingerprint density at radius 1 is 1.53 bits per heavy atom. The summed E-state index contributed by atoms with van der Waals surface area (Å²) in [5, 5.41) is 3.30. The van der Waals surface area contributed by atoms with E-state index >= 15 is 0 Å². The Hall–Kier alpha value is -1.13. The van der Waals surface area contributed by atoms with E-state index in [9.17, 15) is 9.18 Å². The van der Waals surface area contributed by atoms with Gasteiger partial charge in [-0.1, -0.05) is 25.4 Å². The van der Waals surface area contributed by atoms with Crippen LogP contribution in [-0.4, -0.2) is 12.5 Å². The van der Waals surface area contributed by atoms with E-state index in [1.165, 1.54) is 18.2 Å². The van der Waals surface area contributed by atoms with Gasteiger partial charge in [-0.2, -0.15) is 0 Å². The van der Waals surface area contributed by atoms with Crippen LogP contribution in [-0.2, 0) is 4.79 Å². The lowest BCUT2D eigenvalue weighted by Crippen LogP contribution is -2.36. The predicted octanol–water partition coefficient (Wildman–Crippen LogP) is 2.25. The van der Waals surface area contributed by atoms with Crippen LogP contribution in [0.25, 0.3) is 0 Å². The number of nitrogens with two attached hydrogens (primary N) is 1. The highest BCUT2D eigenvalue weighted by Crippen LogP contribution is 2.21. The quantitative estimate of drug-likeness (QED) is 0.851. The van der Waals surface area contributed by atoms with Crippen molar-refractivity contribution >= 4 is 17.5 Å². The third-order valence-corrected chi connectivity index (χ3v) is 2.52. The molecule has 5 heteroatoms. The molecule has 3 nitrogen and oxygen atoms in total. The summed E-state index contributed by atoms with van der Waals surface area (Å²) in [5.41, 5.74) is 5.45. The number of benzene rings is 1. The third-order valence-electron chi connectivity index (χ3n) is 2.28. The maximum Gasteiger partial charge on any atom is 0.239 e. The number of nitrogens with one attached hydrogen (secondary N) is 1. The van der Waals surface area contributed by atoms with E-state index < -0.39 is 17.8 Å². The van der Waals surface area contributed by atoms with E-state index in [2.05, 4.69) is 5.32 Å². The summed E-state index contributed by atoms with van der Waals surface area (Å²) in [7, 11) is 0. The van der Waals surface area contributed by atoms with Gasteiger partial charge < -0.3 is 11.1 Å². The van der Waals surface area contributed by atoms with Gasteiger partial charge in [-0.15, -0.1) is 0 Å². The van der Waals surface area contributed by atoms with Crippen molar-refractivity contribution in [3.05, 3.63) is 34.6 Å². The molecule has 1 rings (SSSR count). The highest BCUT2D eigenvalue weighted by Gasteiger charge is 2.21. The van der Waals surface area contributed by atoms with Crippen molar-refractivity contribution in [1.29, 1.82) is 0 Å². The number of primary amides is 1. The number of hydrogen-bond acceptors (Lipinski definition) is 2. The first-order chi connectivity index (χ1) is 7.91. The molecule has 1 atom stereocenters. The summed E-state index contributed by atoms with van der Waals surface area (Å²) in [4.78, 5) is 11.3. The first-order valence-corrected chi connectivity index (χ1v) is 5.77. The second kappa shape index (κ2) is 5.98. The standard InChI is InChI=1S/C12H16ClFN2O/c1-7(2)6-16-11(12(15)17)9-5-8(13)3-4-10(9)14/h3-5,7,11,16H,6H2,1-2H3,(H2,15,17). The number of carbonyl (C=O) groups excluding carboxylic acids is 1. The predicted molar refractivity (Wildman–Crippen MR) is 66.2 cm³/mol. The summed E-state index contributed by atoms with van der Waals surface area (Å²) >= 11 is 5.78. The average Bonchev–Trinajstić information content (AvgIpc) is 2.22. The lowest BCUT2D eigenvalue weighted by atomic mass is 10.0. The summed E-state index contributed by atoms with van der Waals surface area (Å²) < 4.78 is 13.6. The molecule has 1 amide bonds. The Kier molecular flexibility index (Phi) is 4.90. The average molecular weight is 259 g/mol. The highest BCUT2D eigenvalue weighted by atomic mass is 35.5. The normalized spacial score (nSPS) is 12.8. The van der Waals surface area contributed by atoms with E-state index in [-0.39, 0.29) is 5.56 Å². The maximum absolute atomic E-state index is 13.6. The van der Waals surface area contributed by atoms with Crippen LogP contribution in [0, 0.1) is 11.7 Å². The van der Waals surface area contributed by atoms with Crippen LogP contribution < -0.4 is 11.1 Å². The van der Waals surface area contributed by atoms with Crippen molar-refractivity contribution in [2.75, 3.05) is 6.54 Å². The van der Waals surface area contributed by atoms with Gasteiger partial charge >= 0.3 is 0 Å². The molecule has 0 spiro atoms. The molecule has 0 fully saturated rings. The number of amides is 1. The third kappa shape index (κ3) is 3.98. The van der Waals surface area contributed by atoms with Crippen LogP contribution in [0.3, 0.4) is 0 Å². The fraction of sp³-hybridized carbons (Fsp3) is 0.417. The Bertz CT molecular complexity index is 409. The van der Waals surface area contributed by atoms with Gasteiger partial charge in [-0.25, -0.2) is 4.39 Å². The molecule has 1 unspecified atom stereocenters. The summed E-state index contributed by atoms with van der Waals surface area (Å²) in [6.45, 7) is 4.54. The van der Waals surface area contributed by atoms with Gasteiger partial charge in [0, 0.05) is 10.6 Å². The van der Waals surface area contributed by atoms with Crippen LogP contribution in [0.5, 0.6) is 0 Å². The molecule has 0 radical (unpaired) electrons. The molecule has 0 saturated carbocycles. The van der Waals surface area contributed by atoms with Gasteiger partial charge in [0.1, 0.15) is 11.9 Å². The van der Waals surface area contributed by atoms with Crippen molar-refractivity contribution in [2.45, 2.75) is 19.9 Å². The number of halogens is 2. The van der Waals surface area contributed by atoms with Crippen LogP contribution in [0.15, 0.2) is 18.2 Å². The van der Waals surface area contributed by atoms with Gasteiger partial charge in [0.05, 0.1) is 0 Å². The lowest BCUT2D eigenvalue weighted by molar-refractivity contribution is -0.120. The minimum Gasteiger partial charge on any atom is -0.368 e. The van der Waals surface area contributed by atoms with Crippen molar-refractivity contribution < 1.29 is 9.18 Å². The summed E-state index contributed by atoms with van der Waals surface area (Å²) in [5.74, 6) is -0.777. The van der Waals surface area contributed by atoms with Gasteiger partial charge in [-0.3, -0.25) is 4.79 Å². The molecule has 0 saturated heterocycles. The first-order valence-electron chi connectivity index (χ1n) is 5.39. The van der Waals surface area contributed by atoms with Crippen LogP contribution in [0.4, 0.5) is 4.39 Å². The molecule has 17 heavy (non-hydrogen) atoms. The van der Waals surface area contributed by atoms with Crippen molar-refractivity contribution in [2.24, 2.45) is 11.7 Å². The molecule has 0 aliphatic carbocycles. The zero-order chi connectivity index (χ0) is 13.0. The second-order valence-electron chi connectivity index (χ2n) is 4.30. The number of hydrogen-bond donors (Lipinski definition) is 2. The van der Waals surface area contributed by atoms with E-state index in [1.54, 1.807) is 0 Å². The maximum atomic E-state index is 13.6. The molecule has 94 valence electrons. The molecule has 0 heterocycles. The Morgan fingerprint density at radius 3 is 2.71 bits per heavy atom. The molecule has 3 N–H and O–H groups in total. The number of carbonyl (C=O) groups is 1. The fourth-order valence-electron chi connectivity index (χ4n) is 1.45. The molecule has 1 aromatic rings. The molecular weight excluding hydrogens is 243 g/mol. The molecule has 0 aliphatic rings. The largest absolute Gasteiger partial charge is 0.368 e. The fourth-order valence-corrected chi connectivity index (χ4v) is 1.63. The van der Waals surface area contributed by atoms with Crippen molar-refractivity contribution in [3.63, 3.8) is 0 Å². The van der Waals surface area contributed by atoms with Gasteiger partial charge in [0.25, 0.3) is 0 Å². The zero-order valence-electron chi connectivity index (χ0n) is 9.84. The molecule has 0 bridgehead atoms. The topological polar surface area (TPSA) is 55.1 Å². The first kappa shape index (κ1) is 13.9. The van der Waals surface area contributed by atoms with E-state index in [4.69, 9.17) is 17.3 Å². The van der Waals surface area contributed by atoms with E-state index in [1.807, 2.05) is 13.8 Å². The van der Waals surface area contributed by atoms with Crippen LogP contribution in [0.1, 0.15) is 25.5 Å². The van der Waals surface area contributed by atoms with Gasteiger partial charge in [0.15, 0.2) is 0 Å². The zero-order valence-corrected chi connectivity index (χ0v) is 10.6. The monoisotopic (exact) mass is 258 g/mol. The number of rotatable bonds is 5. The summed E-state index contributed by atoms with van der Waals surface area (Å²) in [6, 6.07) is 3.22. The van der Waals surface area contributed by atoms with Crippen molar-refractivity contribution in [3.8, 4) is 0 Å². The highest BCUT2D eigenvalue weighted by molar-refractivity contribution is 6.30. The SMILES string of the molecule is CC(C)CNC(C(N)=O)c1cc(Cl)ccc1F. The van der Waals surface area contributed by atoms with E-state index in [0.29, 0.717) is 17.5 Å². The minimum atomic E-state index is -0.851. The molecule has 0 aliphatic heterocycles. The lowest BCUT2D eigenvalue weighted by Gasteiger charge is -2.18. The molecular formula is C12H16ClFN2O. The molecule has 1 aromatic carbocycles. The van der Waals surface area contributed by atoms with Crippen LogP contribution >= 0.6 is 11.6 Å². The van der Waals surface area contributed by atoms with Gasteiger partial charge in [-0.05, 0) is 30.7 Å². The Morgan fingerprint density at radius 2 is 2.18 bits per heavy atom. The van der Waals surface area contributed by atoms with Crippen LogP contribution in [0.2, 0.25) is 5.02 Å².